The molecule has 27 heavy (non-hydrogen) atoms. The number of aryl methyl sites for hydroxylation is 1. The van der Waals surface area contributed by atoms with Crippen LogP contribution in [0.15, 0.2) is 66.8 Å². The second-order valence-electron chi connectivity index (χ2n) is 6.08. The Labute approximate surface area is 158 Å². The summed E-state index contributed by atoms with van der Waals surface area (Å²) in [5, 5.41) is 8.75. The van der Waals surface area contributed by atoms with E-state index in [0.717, 1.165) is 17.2 Å². The smallest absolute Gasteiger partial charge is 0.328 e. The minimum atomic E-state index is -1.05. The van der Waals surface area contributed by atoms with E-state index in [4.69, 9.17) is 14.6 Å². The molecule has 0 atom stereocenters. The molecule has 2 aromatic rings. The van der Waals surface area contributed by atoms with Crippen LogP contribution in [-0.4, -0.2) is 23.7 Å². The molecule has 0 saturated heterocycles. The highest BCUT2D eigenvalue weighted by Crippen LogP contribution is 2.30. The van der Waals surface area contributed by atoms with E-state index >= 15 is 0 Å². The molecule has 5 nitrogen and oxygen atoms in total. The summed E-state index contributed by atoms with van der Waals surface area (Å²) in [6, 6.07) is 14.6. The van der Waals surface area contributed by atoms with Crippen molar-refractivity contribution in [3.8, 4) is 11.5 Å². The maximum atomic E-state index is 12.2. The van der Waals surface area contributed by atoms with Crippen molar-refractivity contribution in [1.82, 2.24) is 0 Å². The van der Waals surface area contributed by atoms with Crippen LogP contribution in [0.5, 0.6) is 11.5 Å². The van der Waals surface area contributed by atoms with E-state index < -0.39 is 5.97 Å². The Morgan fingerprint density at radius 2 is 1.85 bits per heavy atom. The summed E-state index contributed by atoms with van der Waals surface area (Å²) in [6.07, 6.45) is 3.30. The Kier molecular flexibility index (Phi) is 7.37. The largest absolute Gasteiger partial charge is 0.485 e. The van der Waals surface area contributed by atoms with Gasteiger partial charge in [-0.2, -0.15) is 0 Å². The van der Waals surface area contributed by atoms with Gasteiger partial charge in [-0.15, -0.1) is 0 Å². The monoisotopic (exact) mass is 366 g/mol. The van der Waals surface area contributed by atoms with Gasteiger partial charge in [0, 0.05) is 12.5 Å². The number of carboxylic acids is 1. The summed E-state index contributed by atoms with van der Waals surface area (Å²) in [4.78, 5) is 22.9. The van der Waals surface area contributed by atoms with Crippen LogP contribution >= 0.6 is 0 Å². The van der Waals surface area contributed by atoms with E-state index in [-0.39, 0.29) is 19.0 Å². The average molecular weight is 366 g/mol. The fourth-order valence-electron chi connectivity index (χ4n) is 2.26. The molecule has 0 bridgehead atoms. The number of hydrogen-bond donors (Lipinski definition) is 1. The van der Waals surface area contributed by atoms with Crippen LogP contribution in [0.25, 0.3) is 6.08 Å². The Morgan fingerprint density at radius 3 is 2.52 bits per heavy atom. The Bertz CT molecular complexity index is 837. The standard InChI is InChI=1S/C22H22O5/c1-16(2)15-26-20-14-18(9-12-21(23)24)8-11-19(20)27-22(25)13-10-17-6-4-3-5-7-17/h3-9,11-12,14H,1,10,13,15H2,2H3,(H,23,24)/b12-9+. The first-order valence-electron chi connectivity index (χ1n) is 8.51. The number of hydrogen-bond acceptors (Lipinski definition) is 4. The molecule has 0 aromatic heterocycles. The molecular formula is C22H22O5. The first kappa shape index (κ1) is 20.0. The molecule has 2 rings (SSSR count). The number of benzene rings is 2. The minimum absolute atomic E-state index is 0.241. The molecule has 0 aliphatic rings. The van der Waals surface area contributed by atoms with Crippen LogP contribution in [0.3, 0.4) is 0 Å². The molecule has 140 valence electrons. The number of aliphatic carboxylic acids is 1. The van der Waals surface area contributed by atoms with Crippen molar-refractivity contribution in [3.63, 3.8) is 0 Å². The summed E-state index contributed by atoms with van der Waals surface area (Å²) in [5.74, 6) is -0.760. The third kappa shape index (κ3) is 7.20. The van der Waals surface area contributed by atoms with Crippen molar-refractivity contribution < 1.29 is 24.2 Å². The van der Waals surface area contributed by atoms with Crippen molar-refractivity contribution in [3.05, 3.63) is 77.9 Å². The number of esters is 1. The topological polar surface area (TPSA) is 72.8 Å². The van der Waals surface area contributed by atoms with Gasteiger partial charge in [-0.1, -0.05) is 43.0 Å². The van der Waals surface area contributed by atoms with Crippen LogP contribution in [-0.2, 0) is 16.0 Å². The highest BCUT2D eigenvalue weighted by Gasteiger charge is 2.12. The molecule has 0 heterocycles. The molecule has 5 heteroatoms. The van der Waals surface area contributed by atoms with E-state index in [1.807, 2.05) is 37.3 Å². The second kappa shape index (κ2) is 9.97. The van der Waals surface area contributed by atoms with E-state index in [1.54, 1.807) is 18.2 Å². The van der Waals surface area contributed by atoms with Gasteiger partial charge in [0.15, 0.2) is 11.5 Å². The van der Waals surface area contributed by atoms with Gasteiger partial charge in [0.25, 0.3) is 0 Å². The number of carbonyl (C=O) groups is 2. The summed E-state index contributed by atoms with van der Waals surface area (Å²) in [6.45, 7) is 5.87. The molecule has 0 saturated carbocycles. The predicted octanol–water partition coefficient (Wildman–Crippen LogP) is 4.28. The summed E-state index contributed by atoms with van der Waals surface area (Å²) >= 11 is 0. The maximum Gasteiger partial charge on any atom is 0.328 e. The maximum absolute atomic E-state index is 12.2. The molecule has 0 aliphatic carbocycles. The average Bonchev–Trinajstić information content (AvgIpc) is 2.65. The fraction of sp³-hybridized carbons (Fsp3) is 0.182. The molecule has 0 spiro atoms. The fourth-order valence-corrected chi connectivity index (χ4v) is 2.26. The van der Waals surface area contributed by atoms with Crippen molar-refractivity contribution in [2.45, 2.75) is 19.8 Å². The normalized spacial score (nSPS) is 10.6. The van der Waals surface area contributed by atoms with Crippen molar-refractivity contribution >= 4 is 18.0 Å². The summed E-state index contributed by atoms with van der Waals surface area (Å²) in [7, 11) is 0. The molecule has 0 radical (unpaired) electrons. The molecule has 0 amide bonds. The third-order valence-electron chi connectivity index (χ3n) is 3.54. The lowest BCUT2D eigenvalue weighted by atomic mass is 10.1. The number of carboxylic acid groups (broad SMARTS) is 1. The number of carbonyl (C=O) groups excluding carboxylic acids is 1. The van der Waals surface area contributed by atoms with Crippen molar-refractivity contribution in [2.75, 3.05) is 6.61 Å². The molecule has 0 fully saturated rings. The van der Waals surface area contributed by atoms with Crippen LogP contribution in [0.4, 0.5) is 0 Å². The second-order valence-corrected chi connectivity index (χ2v) is 6.08. The van der Waals surface area contributed by atoms with Crippen molar-refractivity contribution in [1.29, 1.82) is 0 Å². The van der Waals surface area contributed by atoms with Gasteiger partial charge < -0.3 is 14.6 Å². The van der Waals surface area contributed by atoms with Crippen LogP contribution in [0.2, 0.25) is 0 Å². The molecule has 0 unspecified atom stereocenters. The van der Waals surface area contributed by atoms with Gasteiger partial charge in [-0.3, -0.25) is 4.79 Å². The number of rotatable bonds is 9. The van der Waals surface area contributed by atoms with E-state index in [2.05, 4.69) is 6.58 Å². The van der Waals surface area contributed by atoms with E-state index in [1.165, 1.54) is 6.08 Å². The third-order valence-corrected chi connectivity index (χ3v) is 3.54. The zero-order chi connectivity index (χ0) is 19.6. The van der Waals surface area contributed by atoms with Crippen LogP contribution < -0.4 is 9.47 Å². The highest BCUT2D eigenvalue weighted by atomic mass is 16.6. The first-order valence-corrected chi connectivity index (χ1v) is 8.51. The first-order chi connectivity index (χ1) is 12.9. The zero-order valence-corrected chi connectivity index (χ0v) is 15.2. The predicted molar refractivity (Wildman–Crippen MR) is 104 cm³/mol. The Morgan fingerprint density at radius 1 is 1.11 bits per heavy atom. The lowest BCUT2D eigenvalue weighted by Crippen LogP contribution is -2.10. The molecule has 0 aliphatic heterocycles. The van der Waals surface area contributed by atoms with E-state index in [0.29, 0.717) is 23.5 Å². The highest BCUT2D eigenvalue weighted by molar-refractivity contribution is 5.85. The van der Waals surface area contributed by atoms with Gasteiger partial charge in [0.05, 0.1) is 0 Å². The van der Waals surface area contributed by atoms with Gasteiger partial charge >= 0.3 is 11.9 Å². The number of ether oxygens (including phenoxy) is 2. The van der Waals surface area contributed by atoms with Gasteiger partial charge in [-0.05, 0) is 48.3 Å². The van der Waals surface area contributed by atoms with Crippen molar-refractivity contribution in [2.24, 2.45) is 0 Å². The summed E-state index contributed by atoms with van der Waals surface area (Å²) in [5.41, 5.74) is 2.49. The summed E-state index contributed by atoms with van der Waals surface area (Å²) < 4.78 is 11.1. The van der Waals surface area contributed by atoms with Gasteiger partial charge in [0.2, 0.25) is 0 Å². The van der Waals surface area contributed by atoms with Crippen LogP contribution in [0.1, 0.15) is 24.5 Å². The van der Waals surface area contributed by atoms with Gasteiger partial charge in [0.1, 0.15) is 6.61 Å². The quantitative estimate of drug-likeness (QED) is 0.310. The molecule has 2 aromatic carbocycles. The Hall–Kier alpha value is -3.34. The zero-order valence-electron chi connectivity index (χ0n) is 15.2. The SMILES string of the molecule is C=C(C)COc1cc(/C=C/C(=O)O)ccc1OC(=O)CCc1ccccc1. The van der Waals surface area contributed by atoms with Gasteiger partial charge in [-0.25, -0.2) is 4.79 Å². The van der Waals surface area contributed by atoms with Crippen LogP contribution in [0, 0.1) is 0 Å². The molecule has 1 N–H and O–H groups in total. The van der Waals surface area contributed by atoms with E-state index in [9.17, 15) is 9.59 Å². The lowest BCUT2D eigenvalue weighted by Gasteiger charge is -2.12. The Balaban J connectivity index is 2.09. The lowest BCUT2D eigenvalue weighted by molar-refractivity contribution is -0.134. The minimum Gasteiger partial charge on any atom is -0.485 e. The molecular weight excluding hydrogens is 344 g/mol.